The second-order valence-electron chi connectivity index (χ2n) is 5.45. The average molecular weight is 260 g/mol. The third kappa shape index (κ3) is 2.48. The van der Waals surface area contributed by atoms with Crippen molar-refractivity contribution in [1.29, 1.82) is 0 Å². The molecule has 2 unspecified atom stereocenters. The summed E-state index contributed by atoms with van der Waals surface area (Å²) in [6.45, 7) is 7.62. The van der Waals surface area contributed by atoms with E-state index in [-0.39, 0.29) is 17.7 Å². The molecule has 4 heteroatoms. The molecule has 1 aliphatic heterocycles. The third-order valence-electron chi connectivity index (χ3n) is 3.55. The number of rotatable bonds is 2. The van der Waals surface area contributed by atoms with Crippen molar-refractivity contribution in [2.75, 3.05) is 4.90 Å². The highest BCUT2D eigenvalue weighted by Crippen LogP contribution is 2.23. The Bertz CT molecular complexity index is 493. The Morgan fingerprint density at radius 2 is 1.74 bits per heavy atom. The maximum atomic E-state index is 12.5. The maximum absolute atomic E-state index is 12.5. The lowest BCUT2D eigenvalue weighted by Crippen LogP contribution is -2.64. The molecule has 2 atom stereocenters. The van der Waals surface area contributed by atoms with E-state index in [1.807, 2.05) is 45.0 Å². The number of benzene rings is 1. The van der Waals surface area contributed by atoms with Crippen LogP contribution in [0.4, 0.5) is 5.69 Å². The number of nitrogens with zero attached hydrogens (tertiary/aromatic N) is 1. The standard InChI is InChI=1S/C15H20N2O2/c1-9(2)13-15(19)17(11(4)14(18)16-13)12-7-5-10(3)6-8-12/h5-9,11,13H,1-4H3,(H,16,18). The first-order valence-electron chi connectivity index (χ1n) is 6.62. The number of nitrogens with one attached hydrogen (secondary N) is 1. The van der Waals surface area contributed by atoms with Gasteiger partial charge in [-0.05, 0) is 31.9 Å². The van der Waals surface area contributed by atoms with Crippen molar-refractivity contribution in [2.45, 2.75) is 39.8 Å². The van der Waals surface area contributed by atoms with Gasteiger partial charge in [-0.3, -0.25) is 14.5 Å². The Kier molecular flexibility index (Phi) is 3.60. The highest BCUT2D eigenvalue weighted by molar-refractivity contribution is 6.08. The number of carbonyl (C=O) groups is 2. The zero-order chi connectivity index (χ0) is 14.2. The molecule has 1 aromatic carbocycles. The Hall–Kier alpha value is -1.84. The van der Waals surface area contributed by atoms with Crippen LogP contribution < -0.4 is 10.2 Å². The van der Waals surface area contributed by atoms with E-state index in [0.717, 1.165) is 11.3 Å². The predicted molar refractivity (Wildman–Crippen MR) is 74.9 cm³/mol. The largest absolute Gasteiger partial charge is 0.342 e. The summed E-state index contributed by atoms with van der Waals surface area (Å²) < 4.78 is 0. The molecule has 2 amide bonds. The maximum Gasteiger partial charge on any atom is 0.250 e. The van der Waals surface area contributed by atoms with Crippen LogP contribution in [0.1, 0.15) is 26.3 Å². The molecule has 4 nitrogen and oxygen atoms in total. The highest BCUT2D eigenvalue weighted by atomic mass is 16.2. The normalized spacial score (nSPS) is 23.7. The Morgan fingerprint density at radius 3 is 2.26 bits per heavy atom. The van der Waals surface area contributed by atoms with E-state index < -0.39 is 12.1 Å². The minimum atomic E-state index is -0.467. The van der Waals surface area contributed by atoms with Gasteiger partial charge in [0, 0.05) is 5.69 Å². The van der Waals surface area contributed by atoms with Crippen LogP contribution in [-0.2, 0) is 9.59 Å². The number of amides is 2. The van der Waals surface area contributed by atoms with Crippen LogP contribution in [0.15, 0.2) is 24.3 Å². The lowest BCUT2D eigenvalue weighted by atomic mass is 9.97. The van der Waals surface area contributed by atoms with E-state index in [1.54, 1.807) is 11.8 Å². The van der Waals surface area contributed by atoms with E-state index >= 15 is 0 Å². The molecule has 0 spiro atoms. The molecule has 1 aromatic rings. The summed E-state index contributed by atoms with van der Waals surface area (Å²) in [5, 5.41) is 2.80. The fourth-order valence-corrected chi connectivity index (χ4v) is 2.30. The van der Waals surface area contributed by atoms with Gasteiger partial charge in [0.25, 0.3) is 5.91 Å². The van der Waals surface area contributed by atoms with Crippen LogP contribution in [0.3, 0.4) is 0 Å². The summed E-state index contributed by atoms with van der Waals surface area (Å²) in [6.07, 6.45) is 0. The van der Waals surface area contributed by atoms with Crippen LogP contribution in [-0.4, -0.2) is 23.9 Å². The molecule has 1 aliphatic rings. The van der Waals surface area contributed by atoms with Crippen LogP contribution >= 0.6 is 0 Å². The lowest BCUT2D eigenvalue weighted by molar-refractivity contribution is -0.134. The topological polar surface area (TPSA) is 49.4 Å². The third-order valence-corrected chi connectivity index (χ3v) is 3.55. The Labute approximate surface area is 113 Å². The van der Waals surface area contributed by atoms with Gasteiger partial charge in [-0.25, -0.2) is 0 Å². The van der Waals surface area contributed by atoms with Crippen molar-refractivity contribution in [3.63, 3.8) is 0 Å². The summed E-state index contributed by atoms with van der Waals surface area (Å²) >= 11 is 0. The molecule has 0 saturated carbocycles. The molecule has 19 heavy (non-hydrogen) atoms. The predicted octanol–water partition coefficient (Wildman–Crippen LogP) is 1.87. The van der Waals surface area contributed by atoms with Gasteiger partial charge in [0.2, 0.25) is 5.91 Å². The van der Waals surface area contributed by atoms with Crippen molar-refractivity contribution in [3.8, 4) is 0 Å². The lowest BCUT2D eigenvalue weighted by Gasteiger charge is -2.38. The van der Waals surface area contributed by atoms with Crippen molar-refractivity contribution < 1.29 is 9.59 Å². The zero-order valence-corrected chi connectivity index (χ0v) is 11.8. The number of hydrogen-bond donors (Lipinski definition) is 1. The zero-order valence-electron chi connectivity index (χ0n) is 11.8. The first-order chi connectivity index (χ1) is 8.91. The van der Waals surface area contributed by atoms with Crippen molar-refractivity contribution in [2.24, 2.45) is 5.92 Å². The molecule has 0 radical (unpaired) electrons. The summed E-state index contributed by atoms with van der Waals surface area (Å²) in [5.41, 5.74) is 1.91. The molecule has 0 aromatic heterocycles. The van der Waals surface area contributed by atoms with E-state index in [1.165, 1.54) is 0 Å². The molecule has 1 N–H and O–H groups in total. The van der Waals surface area contributed by atoms with Crippen LogP contribution in [0.5, 0.6) is 0 Å². The summed E-state index contributed by atoms with van der Waals surface area (Å²) in [6, 6.07) is 6.77. The molecule has 1 heterocycles. The fourth-order valence-electron chi connectivity index (χ4n) is 2.30. The highest BCUT2D eigenvalue weighted by Gasteiger charge is 2.40. The molecule has 1 fully saturated rings. The average Bonchev–Trinajstić information content (AvgIpc) is 2.36. The number of piperazine rings is 1. The molecule has 1 saturated heterocycles. The van der Waals surface area contributed by atoms with Gasteiger partial charge in [-0.2, -0.15) is 0 Å². The second-order valence-corrected chi connectivity index (χ2v) is 5.45. The van der Waals surface area contributed by atoms with E-state index in [2.05, 4.69) is 5.32 Å². The second kappa shape index (κ2) is 5.03. The summed E-state index contributed by atoms with van der Waals surface area (Å²) in [4.78, 5) is 26.1. The van der Waals surface area contributed by atoms with Crippen molar-refractivity contribution in [3.05, 3.63) is 29.8 Å². The molecule has 2 rings (SSSR count). The van der Waals surface area contributed by atoms with Gasteiger partial charge in [-0.15, -0.1) is 0 Å². The van der Waals surface area contributed by atoms with Crippen LogP contribution in [0.2, 0.25) is 0 Å². The van der Waals surface area contributed by atoms with Crippen molar-refractivity contribution in [1.82, 2.24) is 5.32 Å². The molecule has 0 aliphatic carbocycles. The van der Waals surface area contributed by atoms with E-state index in [9.17, 15) is 9.59 Å². The quantitative estimate of drug-likeness (QED) is 0.882. The van der Waals surface area contributed by atoms with Crippen molar-refractivity contribution >= 4 is 17.5 Å². The van der Waals surface area contributed by atoms with E-state index in [0.29, 0.717) is 0 Å². The molecular weight excluding hydrogens is 240 g/mol. The number of carbonyl (C=O) groups excluding carboxylic acids is 2. The first kappa shape index (κ1) is 13.6. The van der Waals surface area contributed by atoms with Gasteiger partial charge in [0.05, 0.1) is 0 Å². The Morgan fingerprint density at radius 1 is 1.16 bits per heavy atom. The van der Waals surface area contributed by atoms with Gasteiger partial charge in [-0.1, -0.05) is 31.5 Å². The minimum Gasteiger partial charge on any atom is -0.342 e. The number of aryl methyl sites for hydroxylation is 1. The minimum absolute atomic E-state index is 0.0362. The van der Waals surface area contributed by atoms with Gasteiger partial charge < -0.3 is 5.32 Å². The summed E-state index contributed by atoms with van der Waals surface area (Å²) in [5.74, 6) is -0.0540. The van der Waals surface area contributed by atoms with E-state index in [4.69, 9.17) is 0 Å². The summed E-state index contributed by atoms with van der Waals surface area (Å²) in [7, 11) is 0. The number of hydrogen-bond acceptors (Lipinski definition) is 2. The number of anilines is 1. The van der Waals surface area contributed by atoms with Crippen LogP contribution in [0, 0.1) is 12.8 Å². The fraction of sp³-hybridized carbons (Fsp3) is 0.467. The van der Waals surface area contributed by atoms with Gasteiger partial charge in [0.15, 0.2) is 0 Å². The SMILES string of the molecule is Cc1ccc(N2C(=O)C(C(C)C)NC(=O)C2C)cc1. The molecular formula is C15H20N2O2. The van der Waals surface area contributed by atoms with Crippen LogP contribution in [0.25, 0.3) is 0 Å². The molecule has 102 valence electrons. The monoisotopic (exact) mass is 260 g/mol. The van der Waals surface area contributed by atoms with Gasteiger partial charge in [0.1, 0.15) is 12.1 Å². The first-order valence-corrected chi connectivity index (χ1v) is 6.62. The Balaban J connectivity index is 2.37. The van der Waals surface area contributed by atoms with Gasteiger partial charge >= 0.3 is 0 Å². The molecule has 0 bridgehead atoms. The smallest absolute Gasteiger partial charge is 0.250 e.